The lowest BCUT2D eigenvalue weighted by molar-refractivity contribution is 0.729. The van der Waals surface area contributed by atoms with Crippen LogP contribution in [0.4, 0.5) is 0 Å². The highest BCUT2D eigenvalue weighted by Crippen LogP contribution is 2.33. The van der Waals surface area contributed by atoms with E-state index in [2.05, 4.69) is 0 Å². The Labute approximate surface area is 128 Å². The molecule has 0 spiro atoms. The summed E-state index contributed by atoms with van der Waals surface area (Å²) in [6.07, 6.45) is 0.840. The molecule has 0 aromatic heterocycles. The number of halogens is 2. The topological polar surface area (TPSA) is 26.0 Å². The highest BCUT2D eigenvalue weighted by atomic mass is 35.5. The fourth-order valence-electron chi connectivity index (χ4n) is 1.77. The summed E-state index contributed by atoms with van der Waals surface area (Å²) in [6, 6.07) is 13.9. The maximum absolute atomic E-state index is 6.08. The second kappa shape index (κ2) is 6.67. The molecule has 1 nitrogen and oxygen atoms in total. The molecule has 0 radical (unpaired) electrons. The lowest BCUT2D eigenvalue weighted by Crippen LogP contribution is -2.18. The molecule has 19 heavy (non-hydrogen) atoms. The molecule has 0 fully saturated rings. The molecule has 0 aliphatic carbocycles. The number of rotatable bonds is 4. The van der Waals surface area contributed by atoms with Crippen molar-refractivity contribution in [3.8, 4) is 0 Å². The molecule has 2 aromatic rings. The molecule has 0 amide bonds. The molecule has 0 heterocycles. The van der Waals surface area contributed by atoms with Crippen molar-refractivity contribution in [2.24, 2.45) is 5.73 Å². The predicted molar refractivity (Wildman–Crippen MR) is 84.4 cm³/mol. The van der Waals surface area contributed by atoms with E-state index in [9.17, 15) is 0 Å². The molecule has 0 saturated heterocycles. The Hall–Kier alpha value is -0.670. The van der Waals surface area contributed by atoms with Gasteiger partial charge in [0.25, 0.3) is 0 Å². The summed E-state index contributed by atoms with van der Waals surface area (Å²) >= 11 is 13.7. The van der Waals surface area contributed by atoms with Crippen LogP contribution in [0.1, 0.15) is 12.5 Å². The van der Waals surface area contributed by atoms with Gasteiger partial charge in [-0.15, -0.1) is 0 Å². The Bertz CT molecular complexity index is 553. The van der Waals surface area contributed by atoms with Crippen LogP contribution in [0.15, 0.2) is 52.3 Å². The number of hydrogen-bond acceptors (Lipinski definition) is 2. The largest absolute Gasteiger partial charge is 0.328 e. The first-order chi connectivity index (χ1) is 9.04. The maximum atomic E-state index is 6.08. The first-order valence-electron chi connectivity index (χ1n) is 6.02. The van der Waals surface area contributed by atoms with Crippen LogP contribution in [0.25, 0.3) is 0 Å². The van der Waals surface area contributed by atoms with Crippen LogP contribution in [-0.2, 0) is 6.42 Å². The highest BCUT2D eigenvalue weighted by molar-refractivity contribution is 7.99. The van der Waals surface area contributed by atoms with E-state index >= 15 is 0 Å². The lowest BCUT2D eigenvalue weighted by Gasteiger charge is -2.12. The van der Waals surface area contributed by atoms with Crippen LogP contribution >= 0.6 is 35.0 Å². The van der Waals surface area contributed by atoms with Gasteiger partial charge in [0.05, 0.1) is 0 Å². The Balaban J connectivity index is 2.27. The van der Waals surface area contributed by atoms with Gasteiger partial charge in [0.1, 0.15) is 0 Å². The third kappa shape index (κ3) is 4.43. The van der Waals surface area contributed by atoms with E-state index in [0.29, 0.717) is 0 Å². The van der Waals surface area contributed by atoms with Gasteiger partial charge in [0.2, 0.25) is 0 Å². The molecule has 4 heteroatoms. The van der Waals surface area contributed by atoms with E-state index in [1.54, 1.807) is 11.8 Å². The zero-order valence-electron chi connectivity index (χ0n) is 10.6. The summed E-state index contributed by atoms with van der Waals surface area (Å²) in [5.41, 5.74) is 7.11. The second-order valence-electron chi connectivity index (χ2n) is 4.49. The van der Waals surface area contributed by atoms with Crippen molar-refractivity contribution in [1.82, 2.24) is 0 Å². The molecule has 1 atom stereocenters. The van der Waals surface area contributed by atoms with E-state index < -0.39 is 0 Å². The van der Waals surface area contributed by atoms with Gasteiger partial charge in [-0.05, 0) is 55.3 Å². The molecular weight excluding hydrogens is 297 g/mol. The zero-order chi connectivity index (χ0) is 13.8. The maximum Gasteiger partial charge on any atom is 0.0417 e. The average molecular weight is 312 g/mol. The lowest BCUT2D eigenvalue weighted by atomic mass is 10.1. The van der Waals surface area contributed by atoms with Gasteiger partial charge in [0.15, 0.2) is 0 Å². The molecule has 1 unspecified atom stereocenters. The Kier molecular flexibility index (Phi) is 5.17. The van der Waals surface area contributed by atoms with Crippen LogP contribution in [0.2, 0.25) is 10.0 Å². The molecule has 2 rings (SSSR count). The Morgan fingerprint density at radius 1 is 1.05 bits per heavy atom. The molecule has 0 aliphatic rings. The fraction of sp³-hybridized carbons (Fsp3) is 0.200. The van der Waals surface area contributed by atoms with E-state index in [1.807, 2.05) is 49.4 Å². The first kappa shape index (κ1) is 14.7. The Morgan fingerprint density at radius 2 is 1.68 bits per heavy atom. The standard InChI is InChI=1S/C15H15Cl2NS/c1-10(18)8-11-2-3-13(17)9-15(11)19-14-6-4-12(16)5-7-14/h2-7,9-10H,8,18H2,1H3. The summed E-state index contributed by atoms with van der Waals surface area (Å²) in [5.74, 6) is 0. The SMILES string of the molecule is CC(N)Cc1ccc(Cl)cc1Sc1ccc(Cl)cc1. The summed E-state index contributed by atoms with van der Waals surface area (Å²) < 4.78 is 0. The van der Waals surface area contributed by atoms with Crippen molar-refractivity contribution in [3.05, 3.63) is 58.1 Å². The van der Waals surface area contributed by atoms with Gasteiger partial charge in [-0.2, -0.15) is 0 Å². The minimum absolute atomic E-state index is 0.130. The van der Waals surface area contributed by atoms with Crippen molar-refractivity contribution in [3.63, 3.8) is 0 Å². The molecule has 0 aliphatic heterocycles. The number of nitrogens with two attached hydrogens (primary N) is 1. The quantitative estimate of drug-likeness (QED) is 0.856. The van der Waals surface area contributed by atoms with Crippen LogP contribution < -0.4 is 5.73 Å². The minimum Gasteiger partial charge on any atom is -0.328 e. The zero-order valence-corrected chi connectivity index (χ0v) is 12.9. The molecular formula is C15H15Cl2NS. The van der Waals surface area contributed by atoms with E-state index in [-0.39, 0.29) is 6.04 Å². The van der Waals surface area contributed by atoms with Gasteiger partial charge in [-0.25, -0.2) is 0 Å². The van der Waals surface area contributed by atoms with Crippen LogP contribution in [0.3, 0.4) is 0 Å². The average Bonchev–Trinajstić information content (AvgIpc) is 2.35. The first-order valence-corrected chi connectivity index (χ1v) is 7.59. The van der Waals surface area contributed by atoms with Gasteiger partial charge < -0.3 is 5.73 Å². The molecule has 2 N–H and O–H groups in total. The number of hydrogen-bond donors (Lipinski definition) is 1. The molecule has 100 valence electrons. The van der Waals surface area contributed by atoms with Crippen LogP contribution in [0, 0.1) is 0 Å². The van der Waals surface area contributed by atoms with E-state index in [0.717, 1.165) is 26.3 Å². The summed E-state index contributed by atoms with van der Waals surface area (Å²) in [4.78, 5) is 2.28. The van der Waals surface area contributed by atoms with Crippen LogP contribution in [0.5, 0.6) is 0 Å². The van der Waals surface area contributed by atoms with Gasteiger partial charge in [-0.1, -0.05) is 41.0 Å². The van der Waals surface area contributed by atoms with Crippen molar-refractivity contribution in [2.45, 2.75) is 29.2 Å². The monoisotopic (exact) mass is 311 g/mol. The van der Waals surface area contributed by atoms with Crippen LogP contribution in [-0.4, -0.2) is 6.04 Å². The number of benzene rings is 2. The van der Waals surface area contributed by atoms with Crippen molar-refractivity contribution >= 4 is 35.0 Å². The van der Waals surface area contributed by atoms with E-state index in [4.69, 9.17) is 28.9 Å². The van der Waals surface area contributed by atoms with Crippen molar-refractivity contribution < 1.29 is 0 Å². The van der Waals surface area contributed by atoms with Gasteiger partial charge in [-0.3, -0.25) is 0 Å². The fourth-order valence-corrected chi connectivity index (χ4v) is 3.13. The predicted octanol–water partition coefficient (Wildman–Crippen LogP) is 5.03. The highest BCUT2D eigenvalue weighted by Gasteiger charge is 2.08. The van der Waals surface area contributed by atoms with Crippen molar-refractivity contribution in [2.75, 3.05) is 0 Å². The molecule has 0 saturated carbocycles. The van der Waals surface area contributed by atoms with Gasteiger partial charge >= 0.3 is 0 Å². The second-order valence-corrected chi connectivity index (χ2v) is 6.48. The molecule has 0 bridgehead atoms. The normalized spacial score (nSPS) is 12.4. The third-order valence-corrected chi connectivity index (χ3v) is 4.21. The smallest absolute Gasteiger partial charge is 0.0417 e. The minimum atomic E-state index is 0.130. The summed E-state index contributed by atoms with van der Waals surface area (Å²) in [6.45, 7) is 2.01. The van der Waals surface area contributed by atoms with Crippen molar-refractivity contribution in [1.29, 1.82) is 0 Å². The van der Waals surface area contributed by atoms with Gasteiger partial charge in [0, 0.05) is 25.9 Å². The Morgan fingerprint density at radius 3 is 2.32 bits per heavy atom. The van der Waals surface area contributed by atoms with E-state index in [1.165, 1.54) is 5.56 Å². The third-order valence-electron chi connectivity index (χ3n) is 2.61. The summed E-state index contributed by atoms with van der Waals surface area (Å²) in [5, 5.41) is 1.48. The molecule has 2 aromatic carbocycles. The summed E-state index contributed by atoms with van der Waals surface area (Å²) in [7, 11) is 0.